The normalized spacial score (nSPS) is 10.7. The van der Waals surface area contributed by atoms with Crippen LogP contribution in [0, 0.1) is 0 Å². The van der Waals surface area contributed by atoms with Gasteiger partial charge in [-0.15, -0.1) is 0 Å². The molecule has 22 heavy (non-hydrogen) atoms. The number of hydrogen-bond acceptors (Lipinski definition) is 3. The number of pyridine rings is 1. The van der Waals surface area contributed by atoms with Crippen LogP contribution in [0.2, 0.25) is 0 Å². The van der Waals surface area contributed by atoms with Gasteiger partial charge in [-0.3, -0.25) is 15.0 Å². The van der Waals surface area contributed by atoms with Crippen LogP contribution in [-0.4, -0.2) is 15.0 Å². The highest BCUT2D eigenvalue weighted by atomic mass is 14.8. The quantitative estimate of drug-likeness (QED) is 0.548. The van der Waals surface area contributed by atoms with Crippen molar-refractivity contribution in [3.05, 3.63) is 79.4 Å². The molecule has 104 valence electrons. The van der Waals surface area contributed by atoms with Crippen molar-refractivity contribution >= 4 is 10.9 Å². The van der Waals surface area contributed by atoms with E-state index in [0.717, 1.165) is 33.3 Å². The fourth-order valence-electron chi connectivity index (χ4n) is 2.55. The first-order chi connectivity index (χ1) is 10.9. The Hall–Kier alpha value is -3.07. The second kappa shape index (κ2) is 5.37. The van der Waals surface area contributed by atoms with Gasteiger partial charge in [-0.05, 0) is 29.3 Å². The van der Waals surface area contributed by atoms with Gasteiger partial charge < -0.3 is 0 Å². The van der Waals surface area contributed by atoms with Gasteiger partial charge in [0.2, 0.25) is 0 Å². The molecule has 0 radical (unpaired) electrons. The maximum atomic E-state index is 4.43. The van der Waals surface area contributed by atoms with Gasteiger partial charge in [0, 0.05) is 29.5 Å². The average molecular weight is 283 g/mol. The maximum Gasteiger partial charge on any atom is 0.0885 e. The molecule has 0 unspecified atom stereocenters. The molecule has 0 N–H and O–H groups in total. The summed E-state index contributed by atoms with van der Waals surface area (Å²) in [6.45, 7) is 0. The predicted molar refractivity (Wildman–Crippen MR) is 88.2 cm³/mol. The maximum absolute atomic E-state index is 4.43. The fraction of sp³-hybridized carbons (Fsp3) is 0. The second-order valence-electron chi connectivity index (χ2n) is 5.08. The summed E-state index contributed by atoms with van der Waals surface area (Å²) in [5.41, 5.74) is 5.24. The van der Waals surface area contributed by atoms with E-state index in [9.17, 15) is 0 Å². The molecule has 0 aliphatic carbocycles. The lowest BCUT2D eigenvalue weighted by Crippen LogP contribution is -1.86. The van der Waals surface area contributed by atoms with Crippen molar-refractivity contribution in [3.63, 3.8) is 0 Å². The van der Waals surface area contributed by atoms with Gasteiger partial charge in [-0.1, -0.05) is 36.4 Å². The van der Waals surface area contributed by atoms with E-state index in [2.05, 4.69) is 51.4 Å². The summed E-state index contributed by atoms with van der Waals surface area (Å²) < 4.78 is 0. The zero-order valence-electron chi connectivity index (χ0n) is 11.8. The lowest BCUT2D eigenvalue weighted by Gasteiger charge is -2.06. The smallest absolute Gasteiger partial charge is 0.0885 e. The zero-order chi connectivity index (χ0) is 14.8. The first-order valence-corrected chi connectivity index (χ1v) is 7.12. The topological polar surface area (TPSA) is 38.7 Å². The summed E-state index contributed by atoms with van der Waals surface area (Å²) in [7, 11) is 0. The molecule has 0 fully saturated rings. The molecule has 2 heterocycles. The minimum absolute atomic E-state index is 0.878. The SMILES string of the molecule is c1cc(-c2ccc3cccnc3c2)cc(-c2cnccn2)c1. The van der Waals surface area contributed by atoms with Crippen LogP contribution in [0.25, 0.3) is 33.3 Å². The highest BCUT2D eigenvalue weighted by Gasteiger charge is 2.04. The minimum Gasteiger partial charge on any atom is -0.261 e. The Morgan fingerprint density at radius 2 is 1.55 bits per heavy atom. The van der Waals surface area contributed by atoms with E-state index in [1.807, 2.05) is 24.4 Å². The third-order valence-corrected chi connectivity index (χ3v) is 3.66. The number of aromatic nitrogens is 3. The average Bonchev–Trinajstić information content (AvgIpc) is 2.62. The summed E-state index contributed by atoms with van der Waals surface area (Å²) in [5, 5.41) is 1.15. The van der Waals surface area contributed by atoms with Gasteiger partial charge in [-0.25, -0.2) is 0 Å². The third kappa shape index (κ3) is 2.33. The summed E-state index contributed by atoms with van der Waals surface area (Å²) in [6.07, 6.45) is 6.99. The van der Waals surface area contributed by atoms with Crippen LogP contribution in [0.1, 0.15) is 0 Å². The molecule has 4 rings (SSSR count). The predicted octanol–water partition coefficient (Wildman–Crippen LogP) is 4.36. The molecule has 2 aromatic heterocycles. The Morgan fingerprint density at radius 1 is 0.636 bits per heavy atom. The molecule has 0 saturated carbocycles. The fourth-order valence-corrected chi connectivity index (χ4v) is 2.55. The minimum atomic E-state index is 0.878. The molecule has 0 aliphatic rings. The third-order valence-electron chi connectivity index (χ3n) is 3.66. The van der Waals surface area contributed by atoms with Crippen LogP contribution >= 0.6 is 0 Å². The van der Waals surface area contributed by atoms with E-state index in [4.69, 9.17) is 0 Å². The van der Waals surface area contributed by atoms with E-state index >= 15 is 0 Å². The van der Waals surface area contributed by atoms with Crippen molar-refractivity contribution in [2.45, 2.75) is 0 Å². The molecular weight excluding hydrogens is 270 g/mol. The lowest BCUT2D eigenvalue weighted by atomic mass is 10.0. The largest absolute Gasteiger partial charge is 0.261 e. The Bertz CT molecular complexity index is 933. The summed E-state index contributed by atoms with van der Waals surface area (Å²) in [5.74, 6) is 0. The van der Waals surface area contributed by atoms with Crippen LogP contribution in [-0.2, 0) is 0 Å². The molecule has 0 amide bonds. The molecule has 0 atom stereocenters. The van der Waals surface area contributed by atoms with Gasteiger partial charge in [0.1, 0.15) is 0 Å². The van der Waals surface area contributed by atoms with E-state index in [-0.39, 0.29) is 0 Å². The second-order valence-corrected chi connectivity index (χ2v) is 5.08. The Morgan fingerprint density at radius 3 is 2.45 bits per heavy atom. The molecule has 0 saturated heterocycles. The Kier molecular flexibility index (Phi) is 3.09. The van der Waals surface area contributed by atoms with Crippen molar-refractivity contribution in [2.75, 3.05) is 0 Å². The van der Waals surface area contributed by atoms with Crippen LogP contribution in [0.3, 0.4) is 0 Å². The highest BCUT2D eigenvalue weighted by molar-refractivity contribution is 5.84. The molecule has 3 heteroatoms. The standard InChI is InChI=1S/C19H13N3/c1-3-15(11-17(4-1)19-13-20-9-10-22-19)16-7-6-14-5-2-8-21-18(14)12-16/h1-13H. The van der Waals surface area contributed by atoms with Crippen LogP contribution < -0.4 is 0 Å². The number of hydrogen-bond donors (Lipinski definition) is 0. The number of rotatable bonds is 2. The monoisotopic (exact) mass is 283 g/mol. The number of nitrogens with zero attached hydrogens (tertiary/aromatic N) is 3. The van der Waals surface area contributed by atoms with Gasteiger partial charge in [0.15, 0.2) is 0 Å². The molecular formula is C19H13N3. The van der Waals surface area contributed by atoms with Crippen LogP contribution in [0.4, 0.5) is 0 Å². The molecule has 4 aromatic rings. The zero-order valence-corrected chi connectivity index (χ0v) is 11.8. The van der Waals surface area contributed by atoms with Crippen LogP contribution in [0.5, 0.6) is 0 Å². The van der Waals surface area contributed by atoms with Crippen molar-refractivity contribution in [3.8, 4) is 22.4 Å². The Balaban J connectivity index is 1.81. The van der Waals surface area contributed by atoms with E-state index < -0.39 is 0 Å². The molecule has 0 aliphatic heterocycles. The van der Waals surface area contributed by atoms with E-state index in [1.54, 1.807) is 18.6 Å². The van der Waals surface area contributed by atoms with E-state index in [0.29, 0.717) is 0 Å². The van der Waals surface area contributed by atoms with Crippen molar-refractivity contribution in [2.24, 2.45) is 0 Å². The first-order valence-electron chi connectivity index (χ1n) is 7.12. The number of fused-ring (bicyclic) bond motifs is 1. The molecule has 0 spiro atoms. The summed E-state index contributed by atoms with van der Waals surface area (Å²) in [4.78, 5) is 12.9. The summed E-state index contributed by atoms with van der Waals surface area (Å²) in [6, 6.07) is 18.7. The van der Waals surface area contributed by atoms with Gasteiger partial charge >= 0.3 is 0 Å². The van der Waals surface area contributed by atoms with E-state index in [1.165, 1.54) is 0 Å². The van der Waals surface area contributed by atoms with Gasteiger partial charge in [-0.2, -0.15) is 0 Å². The Labute approximate surface area is 128 Å². The molecule has 3 nitrogen and oxygen atoms in total. The van der Waals surface area contributed by atoms with Crippen molar-refractivity contribution < 1.29 is 0 Å². The van der Waals surface area contributed by atoms with Crippen molar-refractivity contribution in [1.82, 2.24) is 15.0 Å². The van der Waals surface area contributed by atoms with Gasteiger partial charge in [0.25, 0.3) is 0 Å². The van der Waals surface area contributed by atoms with Gasteiger partial charge in [0.05, 0.1) is 17.4 Å². The highest BCUT2D eigenvalue weighted by Crippen LogP contribution is 2.27. The first kappa shape index (κ1) is 12.7. The number of benzene rings is 2. The summed E-state index contributed by atoms with van der Waals surface area (Å²) >= 11 is 0. The molecule has 2 aromatic carbocycles. The van der Waals surface area contributed by atoms with Crippen molar-refractivity contribution in [1.29, 1.82) is 0 Å². The molecule has 0 bridgehead atoms. The lowest BCUT2D eigenvalue weighted by molar-refractivity contribution is 1.21. The van der Waals surface area contributed by atoms with Crippen LogP contribution in [0.15, 0.2) is 79.4 Å².